The molecule has 0 aliphatic heterocycles. The molecule has 19 heavy (non-hydrogen) atoms. The Bertz CT molecular complexity index is 613. The van der Waals surface area contributed by atoms with Crippen molar-refractivity contribution in [3.63, 3.8) is 0 Å². The van der Waals surface area contributed by atoms with Gasteiger partial charge in [0.25, 0.3) is 0 Å². The first kappa shape index (κ1) is 13.6. The minimum absolute atomic E-state index is 0.0975. The van der Waals surface area contributed by atoms with Gasteiger partial charge < -0.3 is 10.8 Å². The lowest BCUT2D eigenvalue weighted by Crippen LogP contribution is -2.25. The minimum atomic E-state index is -0.773. The van der Waals surface area contributed by atoms with Crippen molar-refractivity contribution in [3.05, 3.63) is 52.7 Å². The highest BCUT2D eigenvalue weighted by Crippen LogP contribution is 2.20. The Morgan fingerprint density at radius 3 is 2.53 bits per heavy atom. The lowest BCUT2D eigenvalue weighted by atomic mass is 10.1. The van der Waals surface area contributed by atoms with E-state index in [1.165, 1.54) is 4.57 Å². The van der Waals surface area contributed by atoms with Gasteiger partial charge in [0, 0.05) is 30.5 Å². The molecule has 0 amide bonds. The van der Waals surface area contributed by atoms with Crippen LogP contribution in [0, 0.1) is 0 Å². The Kier molecular flexibility index (Phi) is 3.87. The fraction of sp³-hybridized carbons (Fsp3) is 0.357. The molecule has 2 rings (SSSR count). The van der Waals surface area contributed by atoms with Gasteiger partial charge in [-0.05, 0) is 19.9 Å². The molecule has 0 saturated carbocycles. The lowest BCUT2D eigenvalue weighted by Gasteiger charge is -2.14. The van der Waals surface area contributed by atoms with Crippen molar-refractivity contribution < 1.29 is 5.11 Å². The molecule has 1 atom stereocenters. The normalized spacial score (nSPS) is 12.9. The second kappa shape index (κ2) is 5.42. The van der Waals surface area contributed by atoms with Crippen LogP contribution in [0.15, 0.2) is 41.5 Å². The molecule has 1 heterocycles. The molecule has 102 valence electrons. The van der Waals surface area contributed by atoms with Crippen LogP contribution in [0.25, 0.3) is 5.69 Å². The Morgan fingerprint density at radius 2 is 1.95 bits per heavy atom. The number of aliphatic hydroxyl groups excluding tert-OH is 1. The summed E-state index contributed by atoms with van der Waals surface area (Å²) >= 11 is 0. The second-order valence-corrected chi connectivity index (χ2v) is 4.76. The van der Waals surface area contributed by atoms with Gasteiger partial charge in [-0.25, -0.2) is 4.79 Å². The summed E-state index contributed by atoms with van der Waals surface area (Å²) in [5, 5.41) is 9.93. The van der Waals surface area contributed by atoms with Crippen LogP contribution >= 0.6 is 0 Å². The van der Waals surface area contributed by atoms with E-state index < -0.39 is 6.10 Å². The van der Waals surface area contributed by atoms with Crippen molar-refractivity contribution in [1.29, 1.82) is 0 Å². The first-order chi connectivity index (χ1) is 9.06. The van der Waals surface area contributed by atoms with Crippen molar-refractivity contribution in [1.82, 2.24) is 9.13 Å². The van der Waals surface area contributed by atoms with Gasteiger partial charge in [0.05, 0.1) is 11.8 Å². The zero-order valence-corrected chi connectivity index (χ0v) is 11.2. The van der Waals surface area contributed by atoms with E-state index in [1.807, 2.05) is 26.0 Å². The first-order valence-electron chi connectivity index (χ1n) is 6.33. The molecule has 2 aromatic rings. The predicted molar refractivity (Wildman–Crippen MR) is 74.4 cm³/mol. The second-order valence-electron chi connectivity index (χ2n) is 4.76. The Labute approximate surface area is 111 Å². The number of benzene rings is 1. The van der Waals surface area contributed by atoms with Crippen LogP contribution in [0.3, 0.4) is 0 Å². The van der Waals surface area contributed by atoms with Crippen molar-refractivity contribution in [3.8, 4) is 5.69 Å². The maximum Gasteiger partial charge on any atom is 0.332 e. The molecule has 1 unspecified atom stereocenters. The fourth-order valence-electron chi connectivity index (χ4n) is 2.08. The Morgan fingerprint density at radius 1 is 1.26 bits per heavy atom. The van der Waals surface area contributed by atoms with Gasteiger partial charge >= 0.3 is 5.69 Å². The van der Waals surface area contributed by atoms with Gasteiger partial charge in [0.2, 0.25) is 0 Å². The molecule has 0 spiro atoms. The number of nitrogens with zero attached hydrogens (tertiary/aromatic N) is 2. The standard InChI is InChI=1S/C14H19N3O2/c1-10(2)16-7-8-17(14(16)19)12-6-4-3-5-11(12)13(18)9-15/h3-8,10,13,18H,9,15H2,1-2H3. The van der Waals surface area contributed by atoms with Gasteiger partial charge in [-0.15, -0.1) is 0 Å². The largest absolute Gasteiger partial charge is 0.387 e. The van der Waals surface area contributed by atoms with Crippen molar-refractivity contribution in [2.75, 3.05) is 6.54 Å². The average molecular weight is 261 g/mol. The third-order valence-electron chi connectivity index (χ3n) is 3.14. The molecule has 3 N–H and O–H groups in total. The van der Waals surface area contributed by atoms with Crippen LogP contribution < -0.4 is 11.4 Å². The molecular weight excluding hydrogens is 242 g/mol. The van der Waals surface area contributed by atoms with Crippen molar-refractivity contribution in [2.24, 2.45) is 5.73 Å². The summed E-state index contributed by atoms with van der Waals surface area (Å²) in [5.74, 6) is 0. The molecule has 1 aromatic heterocycles. The molecule has 0 fully saturated rings. The highest BCUT2D eigenvalue weighted by Gasteiger charge is 2.14. The summed E-state index contributed by atoms with van der Waals surface area (Å²) in [4.78, 5) is 12.3. The molecule has 0 saturated heterocycles. The van der Waals surface area contributed by atoms with Crippen LogP contribution in [-0.4, -0.2) is 20.8 Å². The van der Waals surface area contributed by atoms with E-state index in [1.54, 1.807) is 29.1 Å². The summed E-state index contributed by atoms with van der Waals surface area (Å²) in [5.41, 5.74) is 6.71. The van der Waals surface area contributed by atoms with Gasteiger partial charge in [-0.1, -0.05) is 18.2 Å². The molecule has 5 nitrogen and oxygen atoms in total. The van der Waals surface area contributed by atoms with E-state index in [2.05, 4.69) is 0 Å². The van der Waals surface area contributed by atoms with Gasteiger partial charge in [-0.2, -0.15) is 0 Å². The quantitative estimate of drug-likeness (QED) is 0.869. The van der Waals surface area contributed by atoms with Crippen LogP contribution in [0.2, 0.25) is 0 Å². The number of imidazole rings is 1. The van der Waals surface area contributed by atoms with Gasteiger partial charge in [-0.3, -0.25) is 9.13 Å². The average Bonchev–Trinajstić information content (AvgIpc) is 2.79. The van der Waals surface area contributed by atoms with E-state index in [9.17, 15) is 9.90 Å². The maximum absolute atomic E-state index is 12.3. The van der Waals surface area contributed by atoms with Crippen LogP contribution in [0.4, 0.5) is 0 Å². The number of para-hydroxylation sites is 1. The third kappa shape index (κ3) is 2.47. The Balaban J connectivity index is 2.57. The smallest absolute Gasteiger partial charge is 0.332 e. The molecule has 1 aromatic carbocycles. The number of nitrogens with two attached hydrogens (primary N) is 1. The van der Waals surface area contributed by atoms with Crippen molar-refractivity contribution in [2.45, 2.75) is 26.0 Å². The van der Waals surface area contributed by atoms with Crippen LogP contribution in [0.1, 0.15) is 31.6 Å². The zero-order chi connectivity index (χ0) is 14.0. The van der Waals surface area contributed by atoms with Crippen molar-refractivity contribution >= 4 is 0 Å². The summed E-state index contributed by atoms with van der Waals surface area (Å²) in [6.45, 7) is 4.02. The highest BCUT2D eigenvalue weighted by atomic mass is 16.3. The van der Waals surface area contributed by atoms with E-state index in [0.29, 0.717) is 11.3 Å². The topological polar surface area (TPSA) is 73.2 Å². The van der Waals surface area contributed by atoms with E-state index in [0.717, 1.165) is 0 Å². The maximum atomic E-state index is 12.3. The van der Waals surface area contributed by atoms with Crippen LogP contribution in [0.5, 0.6) is 0 Å². The molecule has 5 heteroatoms. The number of aliphatic hydroxyl groups is 1. The number of rotatable bonds is 4. The molecule has 0 radical (unpaired) electrons. The Hall–Kier alpha value is -1.85. The van der Waals surface area contributed by atoms with E-state index in [-0.39, 0.29) is 18.3 Å². The SMILES string of the molecule is CC(C)n1ccn(-c2ccccc2C(O)CN)c1=O. The summed E-state index contributed by atoms with van der Waals surface area (Å²) < 4.78 is 3.18. The highest BCUT2D eigenvalue weighted by molar-refractivity contribution is 5.42. The summed E-state index contributed by atoms with van der Waals surface area (Å²) in [6, 6.07) is 7.34. The van der Waals surface area contributed by atoms with Gasteiger partial charge in [0.15, 0.2) is 0 Å². The molecule has 0 aliphatic carbocycles. The first-order valence-corrected chi connectivity index (χ1v) is 6.33. The van der Waals surface area contributed by atoms with Crippen LogP contribution in [-0.2, 0) is 0 Å². The monoisotopic (exact) mass is 261 g/mol. The minimum Gasteiger partial charge on any atom is -0.387 e. The predicted octanol–water partition coefficient (Wildman–Crippen LogP) is 1.21. The fourth-order valence-corrected chi connectivity index (χ4v) is 2.08. The molecule has 0 bridgehead atoms. The summed E-state index contributed by atoms with van der Waals surface area (Å²) in [7, 11) is 0. The number of hydrogen-bond acceptors (Lipinski definition) is 3. The lowest BCUT2D eigenvalue weighted by molar-refractivity contribution is 0.186. The zero-order valence-electron chi connectivity index (χ0n) is 11.2. The molecular formula is C14H19N3O2. The molecule has 0 aliphatic rings. The van der Waals surface area contributed by atoms with E-state index >= 15 is 0 Å². The third-order valence-corrected chi connectivity index (χ3v) is 3.14. The number of hydrogen-bond donors (Lipinski definition) is 2. The number of aromatic nitrogens is 2. The summed E-state index contributed by atoms with van der Waals surface area (Å²) in [6.07, 6.45) is 2.69. The van der Waals surface area contributed by atoms with E-state index in [4.69, 9.17) is 5.73 Å². The van der Waals surface area contributed by atoms with Gasteiger partial charge in [0.1, 0.15) is 0 Å².